The Balaban J connectivity index is 1.80. The molecule has 29 heavy (non-hydrogen) atoms. The Morgan fingerprint density at radius 1 is 1.07 bits per heavy atom. The van der Waals surface area contributed by atoms with Gasteiger partial charge in [0.2, 0.25) is 0 Å². The van der Waals surface area contributed by atoms with E-state index < -0.39 is 0 Å². The molecule has 0 saturated heterocycles. The molecule has 0 radical (unpaired) electrons. The summed E-state index contributed by atoms with van der Waals surface area (Å²) in [4.78, 5) is 17.0. The molecule has 4 rings (SSSR count). The SMILES string of the molecule is COC(=O)c1cccc(-n2c(SCc3ccc(Cl)cc3)nc3ccccc32)c1C. The van der Waals surface area contributed by atoms with Crippen molar-refractivity contribution in [2.24, 2.45) is 0 Å². The molecule has 6 heteroatoms. The topological polar surface area (TPSA) is 44.1 Å². The third kappa shape index (κ3) is 3.88. The number of esters is 1. The maximum Gasteiger partial charge on any atom is 0.338 e. The quantitative estimate of drug-likeness (QED) is 0.289. The molecule has 0 aliphatic heterocycles. The van der Waals surface area contributed by atoms with Crippen LogP contribution >= 0.6 is 23.4 Å². The molecule has 0 saturated carbocycles. The van der Waals surface area contributed by atoms with E-state index >= 15 is 0 Å². The summed E-state index contributed by atoms with van der Waals surface area (Å²) in [6.45, 7) is 1.93. The third-order valence-electron chi connectivity index (χ3n) is 4.76. The van der Waals surface area contributed by atoms with E-state index in [2.05, 4.69) is 4.57 Å². The predicted molar refractivity (Wildman–Crippen MR) is 118 cm³/mol. The largest absolute Gasteiger partial charge is 0.465 e. The van der Waals surface area contributed by atoms with Gasteiger partial charge in [-0.1, -0.05) is 53.7 Å². The summed E-state index contributed by atoms with van der Waals surface area (Å²) >= 11 is 7.64. The average molecular weight is 423 g/mol. The summed E-state index contributed by atoms with van der Waals surface area (Å²) in [7, 11) is 1.40. The first-order valence-corrected chi connectivity index (χ1v) is 10.5. The second kappa shape index (κ2) is 8.31. The number of ether oxygens (including phenoxy) is 1. The van der Waals surface area contributed by atoms with Gasteiger partial charge >= 0.3 is 5.97 Å². The van der Waals surface area contributed by atoms with Crippen molar-refractivity contribution in [2.45, 2.75) is 17.8 Å². The van der Waals surface area contributed by atoms with Crippen molar-refractivity contribution in [1.82, 2.24) is 9.55 Å². The highest BCUT2D eigenvalue weighted by molar-refractivity contribution is 7.98. The summed E-state index contributed by atoms with van der Waals surface area (Å²) < 4.78 is 7.05. The number of carbonyl (C=O) groups is 1. The number of imidazole rings is 1. The van der Waals surface area contributed by atoms with Gasteiger partial charge in [0.1, 0.15) is 0 Å². The van der Waals surface area contributed by atoms with Gasteiger partial charge in [-0.05, 0) is 54.4 Å². The van der Waals surface area contributed by atoms with Gasteiger partial charge in [0.05, 0.1) is 29.4 Å². The number of para-hydroxylation sites is 2. The molecule has 0 unspecified atom stereocenters. The van der Waals surface area contributed by atoms with Gasteiger partial charge in [-0.3, -0.25) is 4.57 Å². The minimum atomic E-state index is -0.343. The zero-order valence-corrected chi connectivity index (χ0v) is 17.6. The van der Waals surface area contributed by atoms with E-state index in [0.717, 1.165) is 43.8 Å². The fourth-order valence-corrected chi connectivity index (χ4v) is 4.36. The van der Waals surface area contributed by atoms with Gasteiger partial charge in [0.25, 0.3) is 0 Å². The van der Waals surface area contributed by atoms with Gasteiger partial charge in [-0.2, -0.15) is 0 Å². The van der Waals surface area contributed by atoms with Crippen LogP contribution in [0.25, 0.3) is 16.7 Å². The first-order chi connectivity index (χ1) is 14.1. The van der Waals surface area contributed by atoms with Crippen molar-refractivity contribution < 1.29 is 9.53 Å². The fourth-order valence-electron chi connectivity index (χ4n) is 3.26. The second-order valence-corrected chi connectivity index (χ2v) is 7.95. The summed E-state index contributed by atoms with van der Waals surface area (Å²) in [5.74, 6) is 0.417. The van der Waals surface area contributed by atoms with Crippen LogP contribution in [0.15, 0.2) is 71.9 Å². The Kier molecular flexibility index (Phi) is 5.60. The van der Waals surface area contributed by atoms with E-state index in [1.165, 1.54) is 7.11 Å². The van der Waals surface area contributed by atoms with E-state index in [0.29, 0.717) is 5.56 Å². The number of hydrogen-bond donors (Lipinski definition) is 0. The fraction of sp³-hybridized carbons (Fsp3) is 0.130. The summed E-state index contributed by atoms with van der Waals surface area (Å²) in [5, 5.41) is 1.59. The number of fused-ring (bicyclic) bond motifs is 1. The number of thioether (sulfide) groups is 1. The number of rotatable bonds is 5. The lowest BCUT2D eigenvalue weighted by atomic mass is 10.1. The van der Waals surface area contributed by atoms with E-state index in [1.54, 1.807) is 17.8 Å². The monoisotopic (exact) mass is 422 g/mol. The van der Waals surface area contributed by atoms with Crippen LogP contribution in [0.4, 0.5) is 0 Å². The van der Waals surface area contributed by atoms with Crippen LogP contribution < -0.4 is 0 Å². The third-order valence-corrected chi connectivity index (χ3v) is 6.02. The van der Waals surface area contributed by atoms with Crippen molar-refractivity contribution in [3.8, 4) is 5.69 Å². The standard InChI is InChI=1S/C23H19ClN2O2S/c1-15-18(22(27)28-2)6-5-9-20(15)26-21-8-4-3-7-19(21)25-23(26)29-14-16-10-12-17(24)13-11-16/h3-13H,14H2,1-2H3. The Hall–Kier alpha value is -2.76. The Labute approximate surface area is 178 Å². The van der Waals surface area contributed by atoms with E-state index in [4.69, 9.17) is 21.3 Å². The second-order valence-electron chi connectivity index (χ2n) is 6.57. The molecular formula is C23H19ClN2O2S. The molecule has 0 amide bonds. The molecule has 3 aromatic carbocycles. The van der Waals surface area contributed by atoms with Gasteiger partial charge in [-0.25, -0.2) is 9.78 Å². The first kappa shape index (κ1) is 19.6. The molecule has 0 aliphatic carbocycles. The lowest BCUT2D eigenvalue weighted by Gasteiger charge is -2.14. The first-order valence-electron chi connectivity index (χ1n) is 9.11. The molecule has 0 atom stereocenters. The number of benzene rings is 3. The van der Waals surface area contributed by atoms with E-state index in [1.807, 2.05) is 67.6 Å². The number of aromatic nitrogens is 2. The molecular weight excluding hydrogens is 404 g/mol. The van der Waals surface area contributed by atoms with Gasteiger partial charge < -0.3 is 4.74 Å². The molecule has 0 N–H and O–H groups in total. The molecule has 1 heterocycles. The van der Waals surface area contributed by atoms with Crippen LogP contribution in [0.2, 0.25) is 5.02 Å². The molecule has 4 nitrogen and oxygen atoms in total. The number of halogens is 1. The minimum absolute atomic E-state index is 0.343. The molecule has 4 aromatic rings. The van der Waals surface area contributed by atoms with Crippen LogP contribution in [-0.2, 0) is 10.5 Å². The predicted octanol–water partition coefficient (Wildman–Crippen LogP) is 6.07. The summed E-state index contributed by atoms with van der Waals surface area (Å²) in [6, 6.07) is 21.5. The molecule has 0 fully saturated rings. The Bertz CT molecular complexity index is 1190. The van der Waals surface area contributed by atoms with Crippen molar-refractivity contribution >= 4 is 40.4 Å². The van der Waals surface area contributed by atoms with Crippen molar-refractivity contribution in [3.05, 3.63) is 88.4 Å². The van der Waals surface area contributed by atoms with Gasteiger partial charge in [0, 0.05) is 10.8 Å². The highest BCUT2D eigenvalue weighted by Gasteiger charge is 2.18. The smallest absolute Gasteiger partial charge is 0.338 e. The normalized spacial score (nSPS) is 11.0. The lowest BCUT2D eigenvalue weighted by Crippen LogP contribution is -2.07. The minimum Gasteiger partial charge on any atom is -0.465 e. The van der Waals surface area contributed by atoms with Crippen molar-refractivity contribution in [2.75, 3.05) is 7.11 Å². The van der Waals surface area contributed by atoms with E-state index in [-0.39, 0.29) is 5.97 Å². The van der Waals surface area contributed by atoms with Gasteiger partial charge in [-0.15, -0.1) is 0 Å². The van der Waals surface area contributed by atoms with Crippen LogP contribution in [0.3, 0.4) is 0 Å². The summed E-state index contributed by atoms with van der Waals surface area (Å²) in [6.07, 6.45) is 0. The number of nitrogens with zero attached hydrogens (tertiary/aromatic N) is 2. The number of carbonyl (C=O) groups excluding carboxylic acids is 1. The molecule has 0 spiro atoms. The zero-order valence-electron chi connectivity index (χ0n) is 16.1. The zero-order chi connectivity index (χ0) is 20.4. The maximum absolute atomic E-state index is 12.2. The Morgan fingerprint density at radius 2 is 1.83 bits per heavy atom. The van der Waals surface area contributed by atoms with Crippen LogP contribution in [0.5, 0.6) is 0 Å². The number of methoxy groups -OCH3 is 1. The van der Waals surface area contributed by atoms with Crippen LogP contribution in [0.1, 0.15) is 21.5 Å². The number of hydrogen-bond acceptors (Lipinski definition) is 4. The average Bonchev–Trinajstić information content (AvgIpc) is 3.11. The van der Waals surface area contributed by atoms with Crippen LogP contribution in [-0.4, -0.2) is 22.6 Å². The van der Waals surface area contributed by atoms with Crippen molar-refractivity contribution in [3.63, 3.8) is 0 Å². The highest BCUT2D eigenvalue weighted by atomic mass is 35.5. The van der Waals surface area contributed by atoms with Gasteiger partial charge in [0.15, 0.2) is 5.16 Å². The van der Waals surface area contributed by atoms with Crippen molar-refractivity contribution in [1.29, 1.82) is 0 Å². The van der Waals surface area contributed by atoms with Crippen LogP contribution in [0, 0.1) is 6.92 Å². The summed E-state index contributed by atoms with van der Waals surface area (Å²) in [5.41, 5.74) is 5.40. The maximum atomic E-state index is 12.2. The molecule has 146 valence electrons. The Morgan fingerprint density at radius 3 is 2.59 bits per heavy atom. The molecule has 0 bridgehead atoms. The molecule has 1 aromatic heterocycles. The lowest BCUT2D eigenvalue weighted by molar-refractivity contribution is 0.0600. The highest BCUT2D eigenvalue weighted by Crippen LogP contribution is 2.32. The molecule has 0 aliphatic rings. The van der Waals surface area contributed by atoms with E-state index in [9.17, 15) is 4.79 Å².